The molecule has 0 bridgehead atoms. The van der Waals surface area contributed by atoms with Gasteiger partial charge < -0.3 is 10.2 Å². The van der Waals surface area contributed by atoms with Crippen LogP contribution in [0.15, 0.2) is 18.2 Å². The van der Waals surface area contributed by atoms with Crippen LogP contribution in [0, 0.1) is 11.3 Å². The molecule has 1 aromatic rings. The highest BCUT2D eigenvalue weighted by atomic mass is 35.5. The molecular formula is C17H23ClN2O. The number of nitrogens with one attached hydrogen (secondary N) is 1. The number of carbonyl (C=O) groups is 1. The maximum absolute atomic E-state index is 11.7. The van der Waals surface area contributed by atoms with E-state index in [4.69, 9.17) is 11.6 Å². The molecule has 1 heterocycles. The van der Waals surface area contributed by atoms with Crippen LogP contribution in [-0.2, 0) is 6.54 Å². The Bertz CT molecular complexity index is 570. The van der Waals surface area contributed by atoms with Crippen LogP contribution in [0.4, 0.5) is 10.5 Å². The highest BCUT2D eigenvalue weighted by Gasteiger charge is 2.39. The molecule has 0 radical (unpaired) electrons. The van der Waals surface area contributed by atoms with Crippen LogP contribution < -0.4 is 5.32 Å². The van der Waals surface area contributed by atoms with Crippen LogP contribution in [0.5, 0.6) is 0 Å². The van der Waals surface area contributed by atoms with Crippen molar-refractivity contribution in [3.05, 3.63) is 29.3 Å². The van der Waals surface area contributed by atoms with Crippen LogP contribution >= 0.6 is 11.6 Å². The first-order valence-electron chi connectivity index (χ1n) is 7.67. The lowest BCUT2D eigenvalue weighted by molar-refractivity contribution is 0.218. The van der Waals surface area contributed by atoms with Crippen molar-refractivity contribution in [3.63, 3.8) is 0 Å². The van der Waals surface area contributed by atoms with Gasteiger partial charge in [0.25, 0.3) is 0 Å². The maximum Gasteiger partial charge on any atom is 0.321 e. The van der Waals surface area contributed by atoms with E-state index in [0.717, 1.165) is 11.3 Å². The molecule has 1 aliphatic heterocycles. The smallest absolute Gasteiger partial charge is 0.321 e. The summed E-state index contributed by atoms with van der Waals surface area (Å²) in [7, 11) is 1.81. The lowest BCUT2D eigenvalue weighted by Crippen LogP contribution is -2.35. The van der Waals surface area contributed by atoms with Crippen molar-refractivity contribution < 1.29 is 4.79 Å². The maximum atomic E-state index is 11.7. The van der Waals surface area contributed by atoms with E-state index in [1.54, 1.807) is 4.90 Å². The molecule has 2 aliphatic rings. The van der Waals surface area contributed by atoms with Crippen molar-refractivity contribution in [3.8, 4) is 0 Å². The van der Waals surface area contributed by atoms with Crippen molar-refractivity contribution >= 4 is 23.3 Å². The third-order valence-corrected chi connectivity index (χ3v) is 5.69. The van der Waals surface area contributed by atoms with Gasteiger partial charge in [0.2, 0.25) is 0 Å². The molecule has 3 rings (SSSR count). The van der Waals surface area contributed by atoms with E-state index < -0.39 is 0 Å². The summed E-state index contributed by atoms with van der Waals surface area (Å²) >= 11 is 6.80. The molecule has 1 saturated carbocycles. The quantitative estimate of drug-likeness (QED) is 0.784. The second kappa shape index (κ2) is 5.20. The van der Waals surface area contributed by atoms with Gasteiger partial charge >= 0.3 is 6.03 Å². The summed E-state index contributed by atoms with van der Waals surface area (Å²) in [5.41, 5.74) is 3.56. The van der Waals surface area contributed by atoms with Gasteiger partial charge in [-0.05, 0) is 41.4 Å². The predicted molar refractivity (Wildman–Crippen MR) is 86.6 cm³/mol. The predicted octanol–water partition coefficient (Wildman–Crippen LogP) is 4.77. The molecule has 1 fully saturated rings. The molecule has 1 N–H and O–H groups in total. The molecule has 114 valence electrons. The summed E-state index contributed by atoms with van der Waals surface area (Å²) < 4.78 is 0. The Hall–Kier alpha value is -1.22. The average molecular weight is 307 g/mol. The lowest BCUT2D eigenvalue weighted by atomic mass is 9.78. The second-order valence-corrected chi connectivity index (χ2v) is 7.56. The number of benzene rings is 1. The minimum atomic E-state index is -0.0467. The number of anilines is 1. The number of alkyl halides is 1. The first kappa shape index (κ1) is 14.7. The molecule has 1 aromatic carbocycles. The summed E-state index contributed by atoms with van der Waals surface area (Å²) in [5, 5.41) is 2.96. The summed E-state index contributed by atoms with van der Waals surface area (Å²) in [6.07, 6.45) is 3.73. The Kier molecular flexibility index (Phi) is 3.64. The monoisotopic (exact) mass is 306 g/mol. The van der Waals surface area contributed by atoms with Crippen molar-refractivity contribution in [2.45, 2.75) is 45.0 Å². The number of urea groups is 1. The normalized spacial score (nSPS) is 25.4. The number of nitrogens with zero attached hydrogens (tertiary/aromatic N) is 1. The molecule has 4 heteroatoms. The largest absolute Gasteiger partial charge is 0.323 e. The van der Waals surface area contributed by atoms with Gasteiger partial charge in [0.05, 0.1) is 5.38 Å². The van der Waals surface area contributed by atoms with Crippen molar-refractivity contribution in [1.82, 2.24) is 4.90 Å². The van der Waals surface area contributed by atoms with Gasteiger partial charge in [0.15, 0.2) is 0 Å². The second-order valence-electron chi connectivity index (χ2n) is 7.09. The molecular weight excluding hydrogens is 284 g/mol. The molecule has 2 amide bonds. The number of carbonyl (C=O) groups excluding carboxylic acids is 1. The first-order valence-corrected chi connectivity index (χ1v) is 8.11. The van der Waals surface area contributed by atoms with Gasteiger partial charge in [-0.3, -0.25) is 0 Å². The zero-order chi connectivity index (χ0) is 15.2. The van der Waals surface area contributed by atoms with Crippen LogP contribution in [0.25, 0.3) is 0 Å². The third kappa shape index (κ3) is 2.64. The van der Waals surface area contributed by atoms with E-state index in [1.807, 2.05) is 13.1 Å². The standard InChI is InChI=1S/C17H23ClN2O/c1-17(2)8-4-5-13(17)15(18)11-6-7-14-12(9-11)10-20(3)16(21)19-14/h6-7,9,13,15H,4-5,8,10H2,1-3H3,(H,19,21). The van der Waals surface area contributed by atoms with E-state index in [9.17, 15) is 4.79 Å². The Morgan fingerprint density at radius 1 is 1.43 bits per heavy atom. The van der Waals surface area contributed by atoms with E-state index in [1.165, 1.54) is 24.8 Å². The molecule has 2 atom stereocenters. The number of hydrogen-bond donors (Lipinski definition) is 1. The fraction of sp³-hybridized carbons (Fsp3) is 0.588. The van der Waals surface area contributed by atoms with Crippen LogP contribution in [0.3, 0.4) is 0 Å². The highest BCUT2D eigenvalue weighted by molar-refractivity contribution is 6.21. The number of fused-ring (bicyclic) bond motifs is 1. The van der Waals surface area contributed by atoms with Crippen molar-refractivity contribution in [1.29, 1.82) is 0 Å². The Morgan fingerprint density at radius 3 is 2.86 bits per heavy atom. The number of hydrogen-bond acceptors (Lipinski definition) is 1. The van der Waals surface area contributed by atoms with Gasteiger partial charge in [-0.1, -0.05) is 32.4 Å². The topological polar surface area (TPSA) is 32.3 Å². The van der Waals surface area contributed by atoms with Crippen LogP contribution in [-0.4, -0.2) is 18.0 Å². The third-order valence-electron chi connectivity index (χ3n) is 5.14. The lowest BCUT2D eigenvalue weighted by Gasteiger charge is -2.32. The minimum absolute atomic E-state index is 0.0467. The summed E-state index contributed by atoms with van der Waals surface area (Å²) in [6, 6.07) is 6.18. The van der Waals surface area contributed by atoms with Gasteiger partial charge in [-0.2, -0.15) is 0 Å². The molecule has 1 aliphatic carbocycles. The first-order chi connectivity index (χ1) is 9.88. The van der Waals surface area contributed by atoms with Crippen molar-refractivity contribution in [2.24, 2.45) is 11.3 Å². The number of rotatable bonds is 2. The van der Waals surface area contributed by atoms with Crippen LogP contribution in [0.2, 0.25) is 0 Å². The van der Waals surface area contributed by atoms with Gasteiger partial charge in [-0.15, -0.1) is 11.6 Å². The fourth-order valence-electron chi connectivity index (χ4n) is 3.70. The summed E-state index contributed by atoms with van der Waals surface area (Å²) in [6.45, 7) is 5.30. The molecule has 0 saturated heterocycles. The highest BCUT2D eigenvalue weighted by Crippen LogP contribution is 2.51. The molecule has 2 unspecified atom stereocenters. The minimum Gasteiger partial charge on any atom is -0.323 e. The summed E-state index contributed by atoms with van der Waals surface area (Å²) in [4.78, 5) is 13.3. The Labute approximate surface area is 131 Å². The Morgan fingerprint density at radius 2 is 2.19 bits per heavy atom. The molecule has 0 aromatic heterocycles. The Balaban J connectivity index is 1.87. The number of halogens is 1. The molecule has 0 spiro atoms. The van der Waals surface area contributed by atoms with E-state index in [0.29, 0.717) is 17.9 Å². The molecule has 21 heavy (non-hydrogen) atoms. The summed E-state index contributed by atoms with van der Waals surface area (Å²) in [5.74, 6) is 0.521. The van der Waals surface area contributed by atoms with Gasteiger partial charge in [0, 0.05) is 19.3 Å². The van der Waals surface area contributed by atoms with E-state index in [-0.39, 0.29) is 11.4 Å². The van der Waals surface area contributed by atoms with Crippen molar-refractivity contribution in [2.75, 3.05) is 12.4 Å². The van der Waals surface area contributed by atoms with E-state index in [2.05, 4.69) is 31.3 Å². The van der Waals surface area contributed by atoms with Gasteiger partial charge in [-0.25, -0.2) is 4.79 Å². The van der Waals surface area contributed by atoms with E-state index >= 15 is 0 Å². The fourth-order valence-corrected chi connectivity index (χ4v) is 4.31. The zero-order valence-corrected chi connectivity index (χ0v) is 13.7. The van der Waals surface area contributed by atoms with Gasteiger partial charge in [0.1, 0.15) is 0 Å². The zero-order valence-electron chi connectivity index (χ0n) is 12.9. The molecule has 3 nitrogen and oxygen atoms in total. The number of amides is 2. The average Bonchev–Trinajstić information content (AvgIpc) is 2.78. The van der Waals surface area contributed by atoms with Crippen LogP contribution in [0.1, 0.15) is 49.6 Å². The SMILES string of the molecule is CN1Cc2cc(C(Cl)C3CCCC3(C)C)ccc2NC1=O.